The smallest absolute Gasteiger partial charge is 0.174 e. The first-order valence-electron chi connectivity index (χ1n) is 11.0. The normalized spacial score (nSPS) is 17.8. The molecule has 2 aromatic carbocycles. The van der Waals surface area contributed by atoms with Crippen LogP contribution in [-0.2, 0) is 0 Å². The number of benzene rings is 2. The average molecular weight is 455 g/mol. The number of hydrogen-bond acceptors (Lipinski definition) is 3. The number of pyridine rings is 1. The van der Waals surface area contributed by atoms with Gasteiger partial charge in [0.15, 0.2) is 5.11 Å². The van der Waals surface area contributed by atoms with Crippen LogP contribution in [0.4, 0.5) is 5.69 Å². The number of hydrogen-bond donors (Lipinski definition) is 1. The van der Waals surface area contributed by atoms with Gasteiger partial charge in [-0.25, -0.2) is 0 Å². The van der Waals surface area contributed by atoms with Gasteiger partial charge >= 0.3 is 0 Å². The molecule has 1 N–H and O–H groups in total. The van der Waals surface area contributed by atoms with E-state index in [2.05, 4.69) is 70.0 Å². The highest BCUT2D eigenvalue weighted by atomic mass is 32.1. The van der Waals surface area contributed by atoms with E-state index in [1.54, 1.807) is 7.11 Å². The van der Waals surface area contributed by atoms with E-state index in [9.17, 15) is 0 Å². The molecule has 0 unspecified atom stereocenters. The fraction of sp³-hybridized carbons (Fsp3) is 0.185. The van der Waals surface area contributed by atoms with Crippen molar-refractivity contribution in [2.45, 2.75) is 25.9 Å². The summed E-state index contributed by atoms with van der Waals surface area (Å²) in [5, 5.41) is 4.25. The molecule has 0 saturated carbocycles. The van der Waals surface area contributed by atoms with Gasteiger partial charge in [0, 0.05) is 35.0 Å². The van der Waals surface area contributed by atoms with Crippen LogP contribution in [0.15, 0.2) is 85.1 Å². The van der Waals surface area contributed by atoms with Gasteiger partial charge in [-0.05, 0) is 74.1 Å². The van der Waals surface area contributed by atoms with Crippen LogP contribution in [0.25, 0.3) is 5.69 Å². The van der Waals surface area contributed by atoms with E-state index >= 15 is 0 Å². The molecule has 1 aliphatic heterocycles. The fourth-order valence-electron chi connectivity index (χ4n) is 4.77. The Morgan fingerprint density at radius 1 is 0.909 bits per heavy atom. The first kappa shape index (κ1) is 21.2. The number of nitrogens with one attached hydrogen (secondary N) is 1. The van der Waals surface area contributed by atoms with Gasteiger partial charge in [0.25, 0.3) is 0 Å². The summed E-state index contributed by atoms with van der Waals surface area (Å²) in [6.07, 6.45) is 1.84. The Bertz CT molecular complexity index is 1290. The summed E-state index contributed by atoms with van der Waals surface area (Å²) < 4.78 is 7.75. The van der Waals surface area contributed by atoms with Crippen molar-refractivity contribution in [2.75, 3.05) is 12.0 Å². The lowest BCUT2D eigenvalue weighted by Gasteiger charge is -2.28. The summed E-state index contributed by atoms with van der Waals surface area (Å²) in [6, 6.07) is 26.6. The van der Waals surface area contributed by atoms with Gasteiger partial charge in [-0.1, -0.05) is 30.3 Å². The molecule has 0 radical (unpaired) electrons. The van der Waals surface area contributed by atoms with Crippen molar-refractivity contribution in [3.05, 3.63) is 108 Å². The van der Waals surface area contributed by atoms with Crippen molar-refractivity contribution in [1.82, 2.24) is 14.9 Å². The summed E-state index contributed by atoms with van der Waals surface area (Å²) in [4.78, 5) is 6.88. The number of anilines is 1. The van der Waals surface area contributed by atoms with Crippen LogP contribution in [0.1, 0.15) is 34.7 Å². The maximum Gasteiger partial charge on any atom is 0.174 e. The second kappa shape index (κ2) is 8.71. The average Bonchev–Trinajstić information content (AvgIpc) is 3.35. The Balaban J connectivity index is 1.67. The molecule has 0 amide bonds. The van der Waals surface area contributed by atoms with Crippen LogP contribution in [0.5, 0.6) is 5.75 Å². The van der Waals surface area contributed by atoms with Gasteiger partial charge in [0.2, 0.25) is 0 Å². The zero-order valence-corrected chi connectivity index (χ0v) is 19.7. The first-order chi connectivity index (χ1) is 16.1. The maximum atomic E-state index is 5.85. The number of aromatic nitrogens is 2. The zero-order chi connectivity index (χ0) is 22.9. The van der Waals surface area contributed by atoms with Gasteiger partial charge in [-0.15, -0.1) is 0 Å². The second-order valence-electron chi connectivity index (χ2n) is 8.20. The molecule has 5 nitrogen and oxygen atoms in total. The van der Waals surface area contributed by atoms with Crippen LogP contribution >= 0.6 is 12.2 Å². The van der Waals surface area contributed by atoms with E-state index in [4.69, 9.17) is 17.0 Å². The van der Waals surface area contributed by atoms with Crippen LogP contribution in [-0.4, -0.2) is 21.8 Å². The number of ether oxygens (including phenoxy) is 1. The fourth-order valence-corrected chi connectivity index (χ4v) is 5.12. The zero-order valence-electron chi connectivity index (χ0n) is 18.9. The quantitative estimate of drug-likeness (QED) is 0.393. The molecule has 1 fully saturated rings. The minimum Gasteiger partial charge on any atom is -0.497 e. The molecular weight excluding hydrogens is 428 g/mol. The molecule has 0 bridgehead atoms. The van der Waals surface area contributed by atoms with Crippen LogP contribution in [0.3, 0.4) is 0 Å². The number of aryl methyl sites for hydroxylation is 1. The molecule has 0 spiro atoms. The summed E-state index contributed by atoms with van der Waals surface area (Å²) in [6.45, 7) is 4.31. The lowest BCUT2D eigenvalue weighted by Crippen LogP contribution is -2.29. The Kier molecular flexibility index (Phi) is 5.60. The molecular formula is C27H26N4OS. The van der Waals surface area contributed by atoms with E-state index in [0.29, 0.717) is 5.11 Å². The number of thiocarbonyl (C=S) groups is 1. The molecule has 3 heterocycles. The molecule has 2 atom stereocenters. The molecule has 6 heteroatoms. The third kappa shape index (κ3) is 3.76. The standard InChI is InChI=1S/C27H26N4OS/c1-18-16-23(19(2)30(18)21-12-9-13-22(17-21)32-3)26-25(24-14-7-8-15-28-24)29-27(33)31(26)20-10-5-4-6-11-20/h4-17,25-26H,1-3H3,(H,29,33)/t25-,26-/m0/s1. The lowest BCUT2D eigenvalue weighted by atomic mass is 9.96. The maximum absolute atomic E-state index is 5.85. The van der Waals surface area contributed by atoms with Gasteiger partial charge < -0.3 is 19.5 Å². The van der Waals surface area contributed by atoms with E-state index in [-0.39, 0.29) is 12.1 Å². The van der Waals surface area contributed by atoms with Crippen LogP contribution in [0.2, 0.25) is 0 Å². The third-order valence-electron chi connectivity index (χ3n) is 6.23. The highest BCUT2D eigenvalue weighted by Crippen LogP contribution is 2.43. The van der Waals surface area contributed by atoms with E-state index < -0.39 is 0 Å². The summed E-state index contributed by atoms with van der Waals surface area (Å²) in [5.74, 6) is 0.836. The molecule has 4 aromatic rings. The molecule has 1 saturated heterocycles. The van der Waals surface area contributed by atoms with Crippen molar-refractivity contribution in [3.63, 3.8) is 0 Å². The first-order valence-corrected chi connectivity index (χ1v) is 11.4. The summed E-state index contributed by atoms with van der Waals surface area (Å²) >= 11 is 5.85. The summed E-state index contributed by atoms with van der Waals surface area (Å²) in [5.41, 5.74) is 6.63. The van der Waals surface area contributed by atoms with Gasteiger partial charge in [0.1, 0.15) is 5.75 Å². The lowest BCUT2D eigenvalue weighted by molar-refractivity contribution is 0.414. The molecule has 2 aromatic heterocycles. The molecule has 5 rings (SSSR count). The van der Waals surface area contributed by atoms with Gasteiger partial charge in [-0.3, -0.25) is 4.98 Å². The minimum atomic E-state index is -0.0711. The Morgan fingerprint density at radius 2 is 1.67 bits per heavy atom. The molecule has 33 heavy (non-hydrogen) atoms. The number of para-hydroxylation sites is 1. The minimum absolute atomic E-state index is 0.0413. The van der Waals surface area contributed by atoms with Crippen molar-refractivity contribution in [3.8, 4) is 11.4 Å². The van der Waals surface area contributed by atoms with E-state index in [1.165, 1.54) is 11.3 Å². The third-order valence-corrected chi connectivity index (χ3v) is 6.55. The molecule has 1 aliphatic rings. The predicted octanol–water partition coefficient (Wildman–Crippen LogP) is 5.67. The number of nitrogens with zero attached hydrogens (tertiary/aromatic N) is 3. The Morgan fingerprint density at radius 3 is 2.39 bits per heavy atom. The van der Waals surface area contributed by atoms with E-state index in [0.717, 1.165) is 28.5 Å². The van der Waals surface area contributed by atoms with Crippen molar-refractivity contribution in [1.29, 1.82) is 0 Å². The Hall–Kier alpha value is -3.64. The highest BCUT2D eigenvalue weighted by Gasteiger charge is 2.42. The summed E-state index contributed by atoms with van der Waals surface area (Å²) in [7, 11) is 1.69. The van der Waals surface area contributed by atoms with Crippen molar-refractivity contribution in [2.24, 2.45) is 0 Å². The Labute approximate surface area is 199 Å². The predicted molar refractivity (Wildman–Crippen MR) is 136 cm³/mol. The highest BCUT2D eigenvalue weighted by molar-refractivity contribution is 7.80. The molecule has 166 valence electrons. The number of methoxy groups -OCH3 is 1. The number of rotatable bonds is 5. The van der Waals surface area contributed by atoms with Crippen LogP contribution < -0.4 is 15.0 Å². The molecule has 0 aliphatic carbocycles. The monoisotopic (exact) mass is 454 g/mol. The van der Waals surface area contributed by atoms with E-state index in [1.807, 2.05) is 48.7 Å². The second-order valence-corrected chi connectivity index (χ2v) is 8.58. The van der Waals surface area contributed by atoms with Crippen molar-refractivity contribution >= 4 is 23.0 Å². The van der Waals surface area contributed by atoms with Crippen molar-refractivity contribution < 1.29 is 4.74 Å². The van der Waals surface area contributed by atoms with Gasteiger partial charge in [-0.2, -0.15) is 0 Å². The largest absolute Gasteiger partial charge is 0.497 e. The van der Waals surface area contributed by atoms with Gasteiger partial charge in [0.05, 0.1) is 24.9 Å². The topological polar surface area (TPSA) is 42.3 Å². The SMILES string of the molecule is COc1cccc(-n2c(C)cc([C@H]3[C@H](c4ccccn4)NC(=S)N3c3ccccc3)c2C)c1. The van der Waals surface area contributed by atoms with Crippen LogP contribution in [0, 0.1) is 13.8 Å².